The van der Waals surface area contributed by atoms with Crippen LogP contribution in [0.5, 0.6) is 0 Å². The Morgan fingerprint density at radius 3 is 2.54 bits per heavy atom. The number of aliphatic carboxylic acids is 1. The zero-order valence-corrected chi connectivity index (χ0v) is 24.6. The molecule has 1 heterocycles. The highest BCUT2D eigenvalue weighted by Gasteiger charge is 2.44. The number of aliphatic hydroxyl groups is 1. The summed E-state index contributed by atoms with van der Waals surface area (Å²) in [5.74, 6) is -0.416. The Morgan fingerprint density at radius 1 is 1.00 bits per heavy atom. The van der Waals surface area contributed by atoms with Crippen LogP contribution in [0, 0.1) is 5.41 Å². The zero-order chi connectivity index (χ0) is 29.0. The van der Waals surface area contributed by atoms with E-state index in [9.17, 15) is 15.0 Å². The lowest BCUT2D eigenvalue weighted by Gasteiger charge is -2.24. The third-order valence-electron chi connectivity index (χ3n) is 8.45. The van der Waals surface area contributed by atoms with Crippen LogP contribution in [0.3, 0.4) is 0 Å². The number of carboxylic acids is 1. The topological polar surface area (TPSA) is 70.4 Å². The number of fused-ring (bicyclic) bond motifs is 1. The van der Waals surface area contributed by atoms with E-state index in [0.717, 1.165) is 71.8 Å². The molecule has 3 aromatic carbocycles. The maximum atomic E-state index is 11.5. The molecular weight excluding hydrogens is 530 g/mol. The van der Waals surface area contributed by atoms with Crippen LogP contribution in [-0.2, 0) is 16.8 Å². The van der Waals surface area contributed by atoms with Gasteiger partial charge in [0.1, 0.15) is 0 Å². The van der Waals surface area contributed by atoms with E-state index in [0.29, 0.717) is 5.02 Å². The van der Waals surface area contributed by atoms with Gasteiger partial charge in [-0.05, 0) is 110 Å². The summed E-state index contributed by atoms with van der Waals surface area (Å²) >= 11 is 6.17. The highest BCUT2D eigenvalue weighted by atomic mass is 35.5. The number of benzene rings is 3. The summed E-state index contributed by atoms with van der Waals surface area (Å²) in [4.78, 5) is 16.2. The SMILES string of the molecule is CC(C)(O)c1ccccc1CC[C@@H](CCC1(CC(=O)O)CC1)c1cccc(/C=C/c2ccc3ccc(Cl)cc3n2)c1. The molecule has 1 aliphatic rings. The predicted molar refractivity (Wildman–Crippen MR) is 168 cm³/mol. The highest BCUT2D eigenvalue weighted by Crippen LogP contribution is 2.54. The van der Waals surface area contributed by atoms with E-state index in [4.69, 9.17) is 16.6 Å². The molecule has 0 radical (unpaired) electrons. The first-order valence-electron chi connectivity index (χ1n) is 14.5. The first kappa shape index (κ1) is 29.0. The highest BCUT2D eigenvalue weighted by molar-refractivity contribution is 6.31. The molecule has 4 nitrogen and oxygen atoms in total. The Kier molecular flexibility index (Phi) is 8.63. The predicted octanol–water partition coefficient (Wildman–Crippen LogP) is 9.04. The smallest absolute Gasteiger partial charge is 0.303 e. The van der Waals surface area contributed by atoms with Crippen molar-refractivity contribution >= 4 is 40.6 Å². The number of aromatic nitrogens is 1. The van der Waals surface area contributed by atoms with Gasteiger partial charge in [0.25, 0.3) is 0 Å². The van der Waals surface area contributed by atoms with Crippen LogP contribution in [-0.4, -0.2) is 21.2 Å². The van der Waals surface area contributed by atoms with Crippen LogP contribution in [0.25, 0.3) is 23.1 Å². The number of halogens is 1. The number of pyridine rings is 1. The van der Waals surface area contributed by atoms with Crippen LogP contribution in [0.4, 0.5) is 0 Å². The van der Waals surface area contributed by atoms with Crippen LogP contribution in [0.1, 0.15) is 86.2 Å². The number of hydrogen-bond donors (Lipinski definition) is 2. The minimum Gasteiger partial charge on any atom is -0.481 e. The molecule has 1 saturated carbocycles. The Morgan fingerprint density at radius 2 is 1.78 bits per heavy atom. The fourth-order valence-corrected chi connectivity index (χ4v) is 6.10. The molecule has 1 fully saturated rings. The molecule has 0 spiro atoms. The number of aryl methyl sites for hydroxylation is 1. The molecule has 2 N–H and O–H groups in total. The Bertz CT molecular complexity index is 1560. The van der Waals surface area contributed by atoms with Gasteiger partial charge in [-0.25, -0.2) is 4.98 Å². The van der Waals surface area contributed by atoms with Gasteiger partial charge in [0, 0.05) is 10.4 Å². The molecule has 41 heavy (non-hydrogen) atoms. The fraction of sp³-hybridized carbons (Fsp3) is 0.333. The Balaban J connectivity index is 1.37. The van der Waals surface area contributed by atoms with Gasteiger partial charge >= 0.3 is 5.97 Å². The van der Waals surface area contributed by atoms with Crippen molar-refractivity contribution in [2.75, 3.05) is 0 Å². The van der Waals surface area contributed by atoms with Crippen molar-refractivity contribution in [1.82, 2.24) is 4.98 Å². The summed E-state index contributed by atoms with van der Waals surface area (Å²) in [7, 11) is 0. The van der Waals surface area contributed by atoms with Crippen molar-refractivity contribution in [1.29, 1.82) is 0 Å². The molecule has 0 bridgehead atoms. The van der Waals surface area contributed by atoms with Crippen molar-refractivity contribution in [2.24, 2.45) is 5.41 Å². The van der Waals surface area contributed by atoms with Gasteiger partial charge in [0.2, 0.25) is 0 Å². The molecule has 1 aliphatic carbocycles. The maximum Gasteiger partial charge on any atom is 0.303 e. The lowest BCUT2D eigenvalue weighted by Crippen LogP contribution is -2.18. The molecule has 1 aromatic heterocycles. The first-order valence-corrected chi connectivity index (χ1v) is 14.9. The number of nitrogens with zero attached hydrogens (tertiary/aromatic N) is 1. The minimum atomic E-state index is -0.904. The second kappa shape index (κ2) is 12.2. The minimum absolute atomic E-state index is 0.0444. The lowest BCUT2D eigenvalue weighted by atomic mass is 9.82. The molecular formula is C36H38ClNO3. The second-order valence-electron chi connectivity index (χ2n) is 12.1. The Hall–Kier alpha value is -3.47. The zero-order valence-electron chi connectivity index (χ0n) is 23.8. The summed E-state index contributed by atoms with van der Waals surface area (Å²) in [5, 5.41) is 21.9. The summed E-state index contributed by atoms with van der Waals surface area (Å²) in [6.07, 6.45) is 10.0. The van der Waals surface area contributed by atoms with Crippen LogP contribution >= 0.6 is 11.6 Å². The van der Waals surface area contributed by atoms with Gasteiger partial charge in [0.15, 0.2) is 0 Å². The summed E-state index contributed by atoms with van der Waals surface area (Å²) in [5.41, 5.74) is 5.28. The molecule has 5 rings (SSSR count). The molecule has 0 saturated heterocycles. The molecule has 0 amide bonds. The summed E-state index contributed by atoms with van der Waals surface area (Å²) in [6.45, 7) is 3.67. The number of hydrogen-bond acceptors (Lipinski definition) is 3. The van der Waals surface area contributed by atoms with Crippen molar-refractivity contribution in [2.45, 2.75) is 70.3 Å². The van der Waals surface area contributed by atoms with Gasteiger partial charge in [0.05, 0.1) is 23.2 Å². The van der Waals surface area contributed by atoms with E-state index in [1.807, 2.05) is 62.4 Å². The van der Waals surface area contributed by atoms with E-state index in [-0.39, 0.29) is 17.8 Å². The number of rotatable bonds is 12. The Labute approximate surface area is 247 Å². The summed E-state index contributed by atoms with van der Waals surface area (Å²) in [6, 6.07) is 26.6. The van der Waals surface area contributed by atoms with Crippen molar-refractivity contribution in [3.05, 3.63) is 112 Å². The van der Waals surface area contributed by atoms with Crippen LogP contribution in [0.2, 0.25) is 5.02 Å². The van der Waals surface area contributed by atoms with E-state index >= 15 is 0 Å². The van der Waals surface area contributed by atoms with Crippen molar-refractivity contribution in [3.8, 4) is 0 Å². The monoisotopic (exact) mass is 567 g/mol. The van der Waals surface area contributed by atoms with Crippen LogP contribution in [0.15, 0.2) is 78.9 Å². The second-order valence-corrected chi connectivity index (χ2v) is 12.6. The molecule has 1 atom stereocenters. The van der Waals surface area contributed by atoms with Gasteiger partial charge in [-0.3, -0.25) is 4.79 Å². The molecule has 4 aromatic rings. The van der Waals surface area contributed by atoms with Crippen molar-refractivity contribution < 1.29 is 15.0 Å². The van der Waals surface area contributed by atoms with E-state index in [1.165, 1.54) is 5.56 Å². The van der Waals surface area contributed by atoms with E-state index in [1.54, 1.807) is 0 Å². The lowest BCUT2D eigenvalue weighted by molar-refractivity contribution is -0.138. The average Bonchev–Trinajstić information content (AvgIpc) is 3.70. The quantitative estimate of drug-likeness (QED) is 0.179. The number of carboxylic acid groups (broad SMARTS) is 1. The van der Waals surface area contributed by atoms with Gasteiger partial charge in [-0.1, -0.05) is 78.3 Å². The van der Waals surface area contributed by atoms with E-state index in [2.05, 4.69) is 42.5 Å². The summed E-state index contributed by atoms with van der Waals surface area (Å²) < 4.78 is 0. The van der Waals surface area contributed by atoms with Gasteiger partial charge < -0.3 is 10.2 Å². The standard InChI is InChI=1S/C36H38ClNO3/c1-35(2,41)32-9-4-3-7-27(32)12-11-26(18-19-36(20-21-36)24-34(39)40)29-8-5-6-25(22-29)10-16-31-17-14-28-13-15-30(37)23-33(28)38-31/h3-10,13-17,22-23,26,41H,11-12,18-21,24H2,1-2H3,(H,39,40)/b16-10+/t26-/m0/s1. The molecule has 5 heteroatoms. The third kappa shape index (κ3) is 7.63. The van der Waals surface area contributed by atoms with E-state index < -0.39 is 11.6 Å². The maximum absolute atomic E-state index is 11.5. The van der Waals surface area contributed by atoms with Crippen LogP contribution < -0.4 is 0 Å². The molecule has 0 unspecified atom stereocenters. The fourth-order valence-electron chi connectivity index (χ4n) is 5.93. The molecule has 212 valence electrons. The van der Waals surface area contributed by atoms with Gasteiger partial charge in [-0.2, -0.15) is 0 Å². The largest absolute Gasteiger partial charge is 0.481 e. The number of carbonyl (C=O) groups is 1. The average molecular weight is 568 g/mol. The molecule has 0 aliphatic heterocycles. The third-order valence-corrected chi connectivity index (χ3v) is 8.68. The normalized spacial score (nSPS) is 15.3. The van der Waals surface area contributed by atoms with Crippen molar-refractivity contribution in [3.63, 3.8) is 0 Å². The van der Waals surface area contributed by atoms with Gasteiger partial charge in [-0.15, -0.1) is 0 Å². The first-order chi connectivity index (χ1) is 19.6.